The molecule has 0 fully saturated rings. The molecule has 156 valence electrons. The van der Waals surface area contributed by atoms with Crippen molar-refractivity contribution in [2.45, 2.75) is 33.1 Å². The van der Waals surface area contributed by atoms with Crippen molar-refractivity contribution in [3.63, 3.8) is 0 Å². The van der Waals surface area contributed by atoms with Gasteiger partial charge in [0.25, 0.3) is 0 Å². The molecule has 0 atom stereocenters. The molecule has 1 nitrogen and oxygen atoms in total. The maximum atomic E-state index is 14.6. The third-order valence-corrected chi connectivity index (χ3v) is 4.89. The predicted octanol–water partition coefficient (Wildman–Crippen LogP) is 7.82. The predicted molar refractivity (Wildman–Crippen MR) is 117 cm³/mol. The first-order valence-electron chi connectivity index (χ1n) is 10.1. The Morgan fingerprint density at radius 1 is 0.833 bits per heavy atom. The van der Waals surface area contributed by atoms with Gasteiger partial charge in [-0.15, -0.1) is 0 Å². The average Bonchev–Trinajstić information content (AvgIpc) is 2.74. The molecular weight excluding hydrogens is 385 g/mol. The SMILES string of the molecule is CCCCCOc1ccc(-c2ccc(/C=C/c3ccc(C)cc3F)cc2)c(F)c1F. The largest absolute Gasteiger partial charge is 0.490 e. The minimum absolute atomic E-state index is 0.0629. The number of benzene rings is 3. The van der Waals surface area contributed by atoms with Crippen LogP contribution in [0, 0.1) is 24.4 Å². The molecule has 0 radical (unpaired) electrons. The van der Waals surface area contributed by atoms with Crippen LogP contribution in [0.2, 0.25) is 0 Å². The van der Waals surface area contributed by atoms with Gasteiger partial charge in [-0.2, -0.15) is 4.39 Å². The van der Waals surface area contributed by atoms with E-state index in [-0.39, 0.29) is 17.1 Å². The summed E-state index contributed by atoms with van der Waals surface area (Å²) in [6, 6.07) is 15.0. The molecule has 0 aliphatic rings. The second-order valence-corrected chi connectivity index (χ2v) is 7.28. The second kappa shape index (κ2) is 10.1. The van der Waals surface area contributed by atoms with Gasteiger partial charge in [-0.25, -0.2) is 8.78 Å². The standard InChI is InChI=1S/C26H25F3O/c1-3-4-5-16-30-24-15-14-22(25(28)26(24)29)20-11-7-19(8-12-20)9-13-21-10-6-18(2)17-23(21)27/h6-15,17H,3-5,16H2,1-2H3/b13-9+. The Labute approximate surface area is 175 Å². The summed E-state index contributed by atoms with van der Waals surface area (Å²) in [5, 5.41) is 0. The summed E-state index contributed by atoms with van der Waals surface area (Å²) in [6.07, 6.45) is 6.29. The highest BCUT2D eigenvalue weighted by molar-refractivity contribution is 5.72. The van der Waals surface area contributed by atoms with Crippen LogP contribution in [0.1, 0.15) is 42.9 Å². The second-order valence-electron chi connectivity index (χ2n) is 7.28. The lowest BCUT2D eigenvalue weighted by molar-refractivity contribution is 0.286. The molecule has 0 aliphatic heterocycles. The van der Waals surface area contributed by atoms with Crippen molar-refractivity contribution in [2.24, 2.45) is 0 Å². The van der Waals surface area contributed by atoms with E-state index in [1.54, 1.807) is 42.5 Å². The molecule has 0 saturated heterocycles. The van der Waals surface area contributed by atoms with Crippen LogP contribution in [0.15, 0.2) is 54.6 Å². The molecular formula is C26H25F3O. The summed E-state index contributed by atoms with van der Waals surface area (Å²) in [5.41, 5.74) is 2.92. The third-order valence-electron chi connectivity index (χ3n) is 4.89. The van der Waals surface area contributed by atoms with Gasteiger partial charge in [0.2, 0.25) is 5.82 Å². The normalized spacial score (nSPS) is 11.2. The lowest BCUT2D eigenvalue weighted by Gasteiger charge is -2.10. The van der Waals surface area contributed by atoms with E-state index in [9.17, 15) is 13.2 Å². The zero-order valence-electron chi connectivity index (χ0n) is 17.2. The molecule has 4 heteroatoms. The molecule has 0 spiro atoms. The van der Waals surface area contributed by atoms with Crippen molar-refractivity contribution in [3.05, 3.63) is 88.7 Å². The third kappa shape index (κ3) is 5.32. The number of hydrogen-bond donors (Lipinski definition) is 0. The molecule has 3 aromatic carbocycles. The van der Waals surface area contributed by atoms with Crippen LogP contribution in [-0.4, -0.2) is 6.61 Å². The summed E-state index contributed by atoms with van der Waals surface area (Å²) in [4.78, 5) is 0. The van der Waals surface area contributed by atoms with Crippen LogP contribution in [-0.2, 0) is 0 Å². The molecule has 0 aromatic heterocycles. The molecule has 30 heavy (non-hydrogen) atoms. The van der Waals surface area contributed by atoms with Gasteiger partial charge in [0.15, 0.2) is 11.6 Å². The maximum absolute atomic E-state index is 14.6. The smallest absolute Gasteiger partial charge is 0.201 e. The lowest BCUT2D eigenvalue weighted by Crippen LogP contribution is -2.01. The fraction of sp³-hybridized carbons (Fsp3) is 0.231. The molecule has 0 bridgehead atoms. The fourth-order valence-corrected chi connectivity index (χ4v) is 3.13. The summed E-state index contributed by atoms with van der Waals surface area (Å²) in [7, 11) is 0. The molecule has 3 aromatic rings. The number of halogens is 3. The van der Waals surface area contributed by atoms with Crippen LogP contribution in [0.25, 0.3) is 23.3 Å². The van der Waals surface area contributed by atoms with E-state index in [0.717, 1.165) is 30.4 Å². The van der Waals surface area contributed by atoms with Crippen LogP contribution in [0.5, 0.6) is 5.75 Å². The van der Waals surface area contributed by atoms with Gasteiger partial charge in [-0.3, -0.25) is 0 Å². The van der Waals surface area contributed by atoms with Crippen molar-refractivity contribution < 1.29 is 17.9 Å². The van der Waals surface area contributed by atoms with Crippen LogP contribution >= 0.6 is 0 Å². The lowest BCUT2D eigenvalue weighted by atomic mass is 10.0. The Hall–Kier alpha value is -3.01. The quantitative estimate of drug-likeness (QED) is 0.272. The number of aryl methyl sites for hydroxylation is 1. The topological polar surface area (TPSA) is 9.23 Å². The maximum Gasteiger partial charge on any atom is 0.201 e. The van der Waals surface area contributed by atoms with Crippen LogP contribution < -0.4 is 4.74 Å². The van der Waals surface area contributed by atoms with Gasteiger partial charge in [-0.05, 0) is 48.2 Å². The number of unbranched alkanes of at least 4 members (excludes halogenated alkanes) is 2. The van der Waals surface area contributed by atoms with Gasteiger partial charge >= 0.3 is 0 Å². The van der Waals surface area contributed by atoms with E-state index in [1.165, 1.54) is 18.2 Å². The molecule has 0 N–H and O–H groups in total. The summed E-state index contributed by atoms with van der Waals surface area (Å²) in [5.74, 6) is -2.24. The molecule has 0 heterocycles. The molecule has 0 unspecified atom stereocenters. The Balaban J connectivity index is 1.74. The van der Waals surface area contributed by atoms with Crippen molar-refractivity contribution in [1.29, 1.82) is 0 Å². The van der Waals surface area contributed by atoms with Crippen molar-refractivity contribution in [3.8, 4) is 16.9 Å². The molecule has 3 rings (SSSR count). The van der Waals surface area contributed by atoms with E-state index in [0.29, 0.717) is 17.7 Å². The zero-order chi connectivity index (χ0) is 21.5. The van der Waals surface area contributed by atoms with Gasteiger partial charge < -0.3 is 4.74 Å². The van der Waals surface area contributed by atoms with Crippen LogP contribution in [0.3, 0.4) is 0 Å². The Morgan fingerprint density at radius 3 is 2.30 bits per heavy atom. The number of rotatable bonds is 8. The molecule has 0 amide bonds. The highest BCUT2D eigenvalue weighted by atomic mass is 19.2. The summed E-state index contributed by atoms with van der Waals surface area (Å²) in [6.45, 7) is 4.27. The van der Waals surface area contributed by atoms with Gasteiger partial charge in [0.05, 0.1) is 6.61 Å². The number of hydrogen-bond acceptors (Lipinski definition) is 1. The molecule has 0 saturated carbocycles. The van der Waals surface area contributed by atoms with Crippen LogP contribution in [0.4, 0.5) is 13.2 Å². The minimum atomic E-state index is -0.970. The minimum Gasteiger partial charge on any atom is -0.490 e. The van der Waals surface area contributed by atoms with E-state index < -0.39 is 11.6 Å². The highest BCUT2D eigenvalue weighted by Crippen LogP contribution is 2.30. The monoisotopic (exact) mass is 410 g/mol. The van der Waals surface area contributed by atoms with Gasteiger partial charge in [-0.1, -0.05) is 68.3 Å². The first-order chi connectivity index (χ1) is 14.5. The molecule has 0 aliphatic carbocycles. The van der Waals surface area contributed by atoms with E-state index in [2.05, 4.69) is 6.92 Å². The Morgan fingerprint density at radius 2 is 1.60 bits per heavy atom. The van der Waals surface area contributed by atoms with Crippen molar-refractivity contribution in [1.82, 2.24) is 0 Å². The fourth-order valence-electron chi connectivity index (χ4n) is 3.13. The van der Waals surface area contributed by atoms with Crippen molar-refractivity contribution >= 4 is 12.2 Å². The van der Waals surface area contributed by atoms with Crippen molar-refractivity contribution in [2.75, 3.05) is 6.61 Å². The first-order valence-corrected chi connectivity index (χ1v) is 10.1. The van der Waals surface area contributed by atoms with E-state index >= 15 is 0 Å². The summed E-state index contributed by atoms with van der Waals surface area (Å²) >= 11 is 0. The Bertz CT molecular complexity index is 1020. The average molecular weight is 410 g/mol. The van der Waals surface area contributed by atoms with Gasteiger partial charge in [0.1, 0.15) is 5.82 Å². The Kier molecular flexibility index (Phi) is 7.34. The van der Waals surface area contributed by atoms with E-state index in [4.69, 9.17) is 4.74 Å². The zero-order valence-corrected chi connectivity index (χ0v) is 17.2. The van der Waals surface area contributed by atoms with E-state index in [1.807, 2.05) is 13.0 Å². The highest BCUT2D eigenvalue weighted by Gasteiger charge is 2.15. The van der Waals surface area contributed by atoms with Gasteiger partial charge in [0, 0.05) is 11.1 Å². The summed E-state index contributed by atoms with van der Waals surface area (Å²) < 4.78 is 48.2. The number of ether oxygens (including phenoxy) is 1. The first kappa shape index (κ1) is 21.7.